The van der Waals surface area contributed by atoms with E-state index in [4.69, 9.17) is 31.8 Å². The number of rotatable bonds is 7. The minimum atomic E-state index is -2.24. The minimum Gasteiger partial charge on any atom is -0.457 e. The zero-order chi connectivity index (χ0) is 26.5. The fourth-order valence-electron chi connectivity index (χ4n) is 5.31. The number of carbonyl (C=O) groups excluding carboxylic acids is 2. The average Bonchev–Trinajstić information content (AvgIpc) is 3.25. The lowest BCUT2D eigenvalue weighted by atomic mass is 9.85. The summed E-state index contributed by atoms with van der Waals surface area (Å²) in [6, 6.07) is 12.3. The quantitative estimate of drug-likeness (QED) is 0.216. The summed E-state index contributed by atoms with van der Waals surface area (Å²) in [7, 11) is -2.24. The molecule has 0 saturated carbocycles. The molecule has 37 heavy (non-hydrogen) atoms. The molecule has 2 aliphatic heterocycles. The molecule has 0 aliphatic carbocycles. The van der Waals surface area contributed by atoms with Gasteiger partial charge >= 0.3 is 11.9 Å². The van der Waals surface area contributed by atoms with Gasteiger partial charge in [0.2, 0.25) is 5.60 Å². The molecule has 0 fully saturated rings. The summed E-state index contributed by atoms with van der Waals surface area (Å²) < 4.78 is 13.0. The molecule has 4 heterocycles. The predicted molar refractivity (Wildman–Crippen MR) is 144 cm³/mol. The van der Waals surface area contributed by atoms with Crippen molar-refractivity contribution in [2.24, 2.45) is 5.73 Å². The van der Waals surface area contributed by atoms with Crippen LogP contribution in [-0.2, 0) is 37.8 Å². The maximum Gasteiger partial charge on any atom is 0.355 e. The molecule has 3 aromatic rings. The van der Waals surface area contributed by atoms with Crippen LogP contribution in [0.5, 0.6) is 0 Å². The molecule has 2 unspecified atom stereocenters. The van der Waals surface area contributed by atoms with Crippen molar-refractivity contribution in [2.45, 2.75) is 63.3 Å². The predicted octanol–water partition coefficient (Wildman–Crippen LogP) is 3.83. The molecule has 0 radical (unpaired) electrons. The zero-order valence-electron chi connectivity index (χ0n) is 21.2. The van der Waals surface area contributed by atoms with E-state index in [9.17, 15) is 14.4 Å². The molecule has 0 spiro atoms. The highest BCUT2D eigenvalue weighted by molar-refractivity contribution is 6.81. The number of aromatic nitrogens is 2. The summed E-state index contributed by atoms with van der Waals surface area (Å²) in [5, 5.41) is 0.983. The van der Waals surface area contributed by atoms with Crippen LogP contribution in [0, 0.1) is 0 Å². The fraction of sp³-hybridized carbons (Fsp3) is 0.407. The standard InChI is InChI=1S/C27H30ClN3O5Si/c1-4-27(36-25(33)23(29)37(2,3)11-7-10-28)19-13-21-22-17(12-16-8-5-6-9-20(16)30-22)14-31(21)24(32)18(19)15-35-26(27)34/h5-6,8-9,12-13,23H,4,7,10-11,14-15,29H2,1-3H3. The average molecular weight is 540 g/mol. The molecule has 5 rings (SSSR count). The van der Waals surface area contributed by atoms with Crippen LogP contribution in [0.1, 0.15) is 36.5 Å². The molecule has 0 bridgehead atoms. The van der Waals surface area contributed by atoms with Gasteiger partial charge in [0.1, 0.15) is 6.61 Å². The van der Waals surface area contributed by atoms with Crippen LogP contribution in [0.4, 0.5) is 0 Å². The van der Waals surface area contributed by atoms with Gasteiger partial charge in [0.25, 0.3) is 5.56 Å². The second-order valence-electron chi connectivity index (χ2n) is 10.4. The highest BCUT2D eigenvalue weighted by atomic mass is 35.5. The zero-order valence-corrected chi connectivity index (χ0v) is 22.9. The van der Waals surface area contributed by atoms with Crippen molar-refractivity contribution in [3.8, 4) is 11.4 Å². The Balaban J connectivity index is 1.61. The van der Waals surface area contributed by atoms with Crippen LogP contribution < -0.4 is 11.3 Å². The van der Waals surface area contributed by atoms with Gasteiger partial charge in [-0.25, -0.2) is 9.78 Å². The third kappa shape index (κ3) is 4.09. The van der Waals surface area contributed by atoms with E-state index in [2.05, 4.69) is 0 Å². The Labute approximate surface area is 220 Å². The Morgan fingerprint density at radius 1 is 1.30 bits per heavy atom. The van der Waals surface area contributed by atoms with E-state index < -0.39 is 31.3 Å². The number of hydrogen-bond donors (Lipinski definition) is 1. The first kappa shape index (κ1) is 25.6. The molecule has 0 saturated heterocycles. The Kier molecular flexibility index (Phi) is 6.50. The summed E-state index contributed by atoms with van der Waals surface area (Å²) in [5.74, 6) is -0.878. The maximum absolute atomic E-state index is 13.6. The Morgan fingerprint density at radius 3 is 2.78 bits per heavy atom. The molecular formula is C27H30ClN3O5Si. The third-order valence-electron chi connectivity index (χ3n) is 7.71. The minimum absolute atomic E-state index is 0.0991. The van der Waals surface area contributed by atoms with Gasteiger partial charge in [0, 0.05) is 22.4 Å². The lowest BCUT2D eigenvalue weighted by molar-refractivity contribution is -0.189. The number of hydrogen-bond acceptors (Lipinski definition) is 7. The van der Waals surface area contributed by atoms with Gasteiger partial charge in [0.15, 0.2) is 0 Å². The number of ether oxygens (including phenoxy) is 2. The number of carbonyl (C=O) groups is 2. The summed E-state index contributed by atoms with van der Waals surface area (Å²) >= 11 is 5.86. The van der Waals surface area contributed by atoms with Gasteiger partial charge in [0.05, 0.1) is 42.8 Å². The van der Waals surface area contributed by atoms with Crippen molar-refractivity contribution in [1.29, 1.82) is 0 Å². The number of halogens is 1. The highest BCUT2D eigenvalue weighted by Crippen LogP contribution is 2.41. The van der Waals surface area contributed by atoms with Gasteiger partial charge in [-0.1, -0.05) is 44.3 Å². The van der Waals surface area contributed by atoms with E-state index >= 15 is 0 Å². The van der Waals surface area contributed by atoms with Crippen molar-refractivity contribution >= 4 is 42.5 Å². The van der Waals surface area contributed by atoms with E-state index in [0.717, 1.165) is 28.9 Å². The van der Waals surface area contributed by atoms with Gasteiger partial charge < -0.3 is 19.8 Å². The molecule has 0 amide bonds. The van der Waals surface area contributed by atoms with Crippen molar-refractivity contribution in [2.75, 3.05) is 5.88 Å². The first-order valence-electron chi connectivity index (χ1n) is 12.5. The van der Waals surface area contributed by atoms with Crippen LogP contribution in [0.25, 0.3) is 22.3 Å². The van der Waals surface area contributed by atoms with E-state index in [1.54, 1.807) is 17.6 Å². The van der Waals surface area contributed by atoms with Crippen molar-refractivity contribution in [1.82, 2.24) is 9.55 Å². The molecule has 194 valence electrons. The number of pyridine rings is 2. The number of nitrogens with zero attached hydrogens (tertiary/aromatic N) is 2. The molecule has 2 aliphatic rings. The maximum atomic E-state index is 13.6. The van der Waals surface area contributed by atoms with Gasteiger partial charge in [-0.2, -0.15) is 0 Å². The molecule has 2 atom stereocenters. The highest BCUT2D eigenvalue weighted by Gasteiger charge is 2.52. The van der Waals surface area contributed by atoms with E-state index in [0.29, 0.717) is 34.9 Å². The fourth-order valence-corrected chi connectivity index (χ4v) is 7.77. The third-order valence-corrected chi connectivity index (χ3v) is 11.5. The molecule has 8 nitrogen and oxygen atoms in total. The first-order chi connectivity index (χ1) is 17.6. The molecule has 1 aromatic carbocycles. The van der Waals surface area contributed by atoms with Crippen LogP contribution in [0.3, 0.4) is 0 Å². The number of para-hydroxylation sites is 1. The van der Waals surface area contributed by atoms with Crippen molar-refractivity contribution in [3.63, 3.8) is 0 Å². The number of fused-ring (bicyclic) bond motifs is 5. The topological polar surface area (TPSA) is 114 Å². The molecular weight excluding hydrogens is 510 g/mol. The number of alkyl halides is 1. The first-order valence-corrected chi connectivity index (χ1v) is 16.3. The largest absolute Gasteiger partial charge is 0.457 e. The Bertz CT molecular complexity index is 1490. The number of esters is 2. The second kappa shape index (κ2) is 9.38. The summed E-state index contributed by atoms with van der Waals surface area (Å²) in [6.07, 6.45) is 0.845. The number of nitrogens with two attached hydrogens (primary N) is 1. The van der Waals surface area contributed by atoms with Crippen molar-refractivity contribution < 1.29 is 19.1 Å². The molecule has 2 N–H and O–H groups in total. The van der Waals surface area contributed by atoms with Crippen LogP contribution >= 0.6 is 11.6 Å². The number of benzene rings is 1. The monoisotopic (exact) mass is 539 g/mol. The van der Waals surface area contributed by atoms with E-state index in [1.807, 2.05) is 43.4 Å². The Morgan fingerprint density at radius 2 is 2.05 bits per heavy atom. The summed E-state index contributed by atoms with van der Waals surface area (Å²) in [6.45, 7) is 5.93. The van der Waals surface area contributed by atoms with Crippen molar-refractivity contribution in [3.05, 3.63) is 63.4 Å². The summed E-state index contributed by atoms with van der Waals surface area (Å²) in [5.41, 5.74) is 7.14. The lowest BCUT2D eigenvalue weighted by Crippen LogP contribution is -2.57. The van der Waals surface area contributed by atoms with Crippen LogP contribution in [0.15, 0.2) is 41.2 Å². The SMILES string of the molecule is CCC1(OC(=O)C(N)[Si](C)(C)CCCCl)C(=O)OCc2c1cc1n(c2=O)Cc2cc3ccccc3nc2-1. The van der Waals surface area contributed by atoms with Gasteiger partial charge in [-0.3, -0.25) is 9.59 Å². The van der Waals surface area contributed by atoms with Gasteiger partial charge in [-0.05, 0) is 31.0 Å². The van der Waals surface area contributed by atoms with E-state index in [-0.39, 0.29) is 18.6 Å². The second-order valence-corrected chi connectivity index (χ2v) is 15.9. The summed E-state index contributed by atoms with van der Waals surface area (Å²) in [4.78, 5) is 45.1. The van der Waals surface area contributed by atoms with Gasteiger partial charge in [-0.15, -0.1) is 11.6 Å². The lowest BCUT2D eigenvalue weighted by Gasteiger charge is -2.37. The normalized spacial score (nSPS) is 19.1. The smallest absolute Gasteiger partial charge is 0.355 e. The van der Waals surface area contributed by atoms with Crippen LogP contribution in [0.2, 0.25) is 19.1 Å². The molecule has 2 aromatic heterocycles. The molecule has 10 heteroatoms. The van der Waals surface area contributed by atoms with Crippen LogP contribution in [-0.4, -0.2) is 41.1 Å². The number of cyclic esters (lactones) is 1. The van der Waals surface area contributed by atoms with E-state index in [1.165, 1.54) is 0 Å². The Hall–Kier alpha value is -3.01.